The molecule has 2 aromatic carbocycles. The smallest absolute Gasteiger partial charge is 0.246 e. The lowest BCUT2D eigenvalue weighted by Crippen LogP contribution is -2.36. The Morgan fingerprint density at radius 3 is 2.69 bits per heavy atom. The average molecular weight is 435 g/mol. The van der Waals surface area contributed by atoms with Crippen molar-refractivity contribution >= 4 is 23.1 Å². The van der Waals surface area contributed by atoms with Gasteiger partial charge in [0.05, 0.1) is 13.2 Å². The van der Waals surface area contributed by atoms with Crippen LogP contribution in [0.25, 0.3) is 17.2 Å². The zero-order valence-electron chi connectivity index (χ0n) is 18.8. The number of carbonyl (C=O) groups excluding carboxylic acids is 1. The summed E-state index contributed by atoms with van der Waals surface area (Å²) in [6.07, 6.45) is 6.11. The van der Waals surface area contributed by atoms with Crippen molar-refractivity contribution < 1.29 is 18.7 Å². The number of benzene rings is 2. The first-order chi connectivity index (χ1) is 15.7. The van der Waals surface area contributed by atoms with Crippen molar-refractivity contribution in [3.8, 4) is 11.5 Å². The third-order valence-electron chi connectivity index (χ3n) is 5.61. The van der Waals surface area contributed by atoms with E-state index in [9.17, 15) is 4.79 Å². The highest BCUT2D eigenvalue weighted by molar-refractivity contribution is 5.92. The van der Waals surface area contributed by atoms with Gasteiger partial charge >= 0.3 is 0 Å². The van der Waals surface area contributed by atoms with E-state index in [2.05, 4.69) is 11.9 Å². The van der Waals surface area contributed by atoms with Crippen molar-refractivity contribution in [3.63, 3.8) is 0 Å². The molecule has 4 rings (SSSR count). The van der Waals surface area contributed by atoms with E-state index >= 15 is 0 Å². The van der Waals surface area contributed by atoms with Crippen LogP contribution >= 0.6 is 0 Å². The molecule has 0 spiro atoms. The number of aromatic nitrogens is 1. The number of oxazole rings is 1. The van der Waals surface area contributed by atoms with Crippen LogP contribution in [0.1, 0.15) is 50.5 Å². The van der Waals surface area contributed by atoms with Crippen LogP contribution in [-0.2, 0) is 4.79 Å². The summed E-state index contributed by atoms with van der Waals surface area (Å²) in [5.74, 6) is 2.49. The lowest BCUT2D eigenvalue weighted by molar-refractivity contribution is -0.127. The summed E-state index contributed by atoms with van der Waals surface area (Å²) in [5.41, 5.74) is 2.62. The van der Waals surface area contributed by atoms with Gasteiger partial charge in [-0.1, -0.05) is 25.1 Å². The molecule has 6 nitrogen and oxygen atoms in total. The summed E-state index contributed by atoms with van der Waals surface area (Å²) >= 11 is 0. The van der Waals surface area contributed by atoms with E-state index in [4.69, 9.17) is 13.9 Å². The number of likely N-dealkylation sites (tertiary alicyclic amines) is 1. The molecular formula is C26H30N2O4. The van der Waals surface area contributed by atoms with Crippen molar-refractivity contribution in [2.24, 2.45) is 0 Å². The second kappa shape index (κ2) is 10.4. The van der Waals surface area contributed by atoms with E-state index in [1.807, 2.05) is 60.4 Å². The predicted molar refractivity (Wildman–Crippen MR) is 125 cm³/mol. The van der Waals surface area contributed by atoms with Crippen molar-refractivity contribution in [2.45, 2.75) is 39.0 Å². The number of ether oxygens (including phenoxy) is 2. The molecule has 6 heteroatoms. The summed E-state index contributed by atoms with van der Waals surface area (Å²) in [6, 6.07) is 13.6. The number of hydrogen-bond acceptors (Lipinski definition) is 5. The lowest BCUT2D eigenvalue weighted by Gasteiger charge is -2.29. The number of para-hydroxylation sites is 2. The first-order valence-electron chi connectivity index (χ1n) is 11.4. The van der Waals surface area contributed by atoms with E-state index in [1.54, 1.807) is 6.08 Å². The zero-order valence-corrected chi connectivity index (χ0v) is 18.8. The van der Waals surface area contributed by atoms with E-state index in [1.165, 1.54) is 0 Å². The Hall–Kier alpha value is -3.28. The normalized spacial score (nSPS) is 14.9. The summed E-state index contributed by atoms with van der Waals surface area (Å²) in [6.45, 7) is 6.61. The number of fused-ring (bicyclic) bond motifs is 1. The van der Waals surface area contributed by atoms with Gasteiger partial charge in [-0.2, -0.15) is 0 Å². The van der Waals surface area contributed by atoms with E-state index in [0.717, 1.165) is 47.6 Å². The topological polar surface area (TPSA) is 64.8 Å². The average Bonchev–Trinajstić information content (AvgIpc) is 3.26. The van der Waals surface area contributed by atoms with Gasteiger partial charge in [0.25, 0.3) is 0 Å². The first-order valence-corrected chi connectivity index (χ1v) is 11.4. The SMILES string of the molecule is CCCOc1ccc(/C=C/C(=O)N2CCC(c3nc4ccccc4o3)CC2)cc1OCC. The van der Waals surface area contributed by atoms with Crippen LogP contribution in [0.5, 0.6) is 11.5 Å². The van der Waals surface area contributed by atoms with Crippen LogP contribution in [-0.4, -0.2) is 42.1 Å². The van der Waals surface area contributed by atoms with Crippen LogP contribution in [0, 0.1) is 0 Å². The fourth-order valence-corrected chi connectivity index (χ4v) is 3.91. The monoisotopic (exact) mass is 434 g/mol. The highest BCUT2D eigenvalue weighted by Crippen LogP contribution is 2.31. The van der Waals surface area contributed by atoms with Gasteiger partial charge in [-0.15, -0.1) is 0 Å². The minimum Gasteiger partial charge on any atom is -0.490 e. The van der Waals surface area contributed by atoms with Gasteiger partial charge in [0.1, 0.15) is 5.52 Å². The van der Waals surface area contributed by atoms with Gasteiger partial charge in [-0.25, -0.2) is 4.98 Å². The quantitative estimate of drug-likeness (QED) is 0.442. The Labute approximate surface area is 188 Å². The van der Waals surface area contributed by atoms with Crippen LogP contribution in [0.3, 0.4) is 0 Å². The fourth-order valence-electron chi connectivity index (χ4n) is 3.91. The van der Waals surface area contributed by atoms with E-state index in [-0.39, 0.29) is 11.8 Å². The number of hydrogen-bond donors (Lipinski definition) is 0. The standard InChI is InChI=1S/C26H30N2O4/c1-3-17-31-23-11-9-19(18-24(23)30-4-2)10-12-25(29)28-15-13-20(14-16-28)26-27-21-7-5-6-8-22(21)32-26/h5-12,18,20H,3-4,13-17H2,1-2H3/b12-10+. The molecule has 0 unspecified atom stereocenters. The summed E-state index contributed by atoms with van der Waals surface area (Å²) in [4.78, 5) is 19.2. The molecule has 3 aromatic rings. The van der Waals surface area contributed by atoms with Crippen LogP contribution < -0.4 is 9.47 Å². The van der Waals surface area contributed by atoms with E-state index in [0.29, 0.717) is 32.1 Å². The van der Waals surface area contributed by atoms with Crippen molar-refractivity contribution in [2.75, 3.05) is 26.3 Å². The Bertz CT molecular complexity index is 1050. The van der Waals surface area contributed by atoms with Crippen molar-refractivity contribution in [1.82, 2.24) is 9.88 Å². The third kappa shape index (κ3) is 5.13. The molecule has 0 atom stereocenters. The summed E-state index contributed by atoms with van der Waals surface area (Å²) < 4.78 is 17.4. The minimum absolute atomic E-state index is 0.0188. The molecule has 0 bridgehead atoms. The molecule has 1 aliphatic heterocycles. The van der Waals surface area contributed by atoms with Gasteiger partial charge < -0.3 is 18.8 Å². The molecular weight excluding hydrogens is 404 g/mol. The molecule has 1 fully saturated rings. The number of amides is 1. The molecule has 2 heterocycles. The second-order valence-electron chi connectivity index (χ2n) is 7.94. The molecule has 1 aliphatic rings. The minimum atomic E-state index is 0.0188. The van der Waals surface area contributed by atoms with Crippen LogP contribution in [0.4, 0.5) is 0 Å². The molecule has 1 amide bonds. The van der Waals surface area contributed by atoms with Crippen molar-refractivity contribution in [3.05, 3.63) is 60.0 Å². The Balaban J connectivity index is 1.35. The van der Waals surface area contributed by atoms with Gasteiger partial charge in [-0.3, -0.25) is 4.79 Å². The van der Waals surface area contributed by atoms with E-state index < -0.39 is 0 Å². The van der Waals surface area contributed by atoms with Gasteiger partial charge in [0.2, 0.25) is 5.91 Å². The Morgan fingerprint density at radius 2 is 1.94 bits per heavy atom. The summed E-state index contributed by atoms with van der Waals surface area (Å²) in [7, 11) is 0. The molecule has 32 heavy (non-hydrogen) atoms. The maximum Gasteiger partial charge on any atom is 0.246 e. The maximum atomic E-state index is 12.7. The van der Waals surface area contributed by atoms with Crippen LogP contribution in [0.2, 0.25) is 0 Å². The molecule has 0 N–H and O–H groups in total. The highest BCUT2D eigenvalue weighted by atomic mass is 16.5. The molecule has 0 saturated carbocycles. The zero-order chi connectivity index (χ0) is 22.3. The molecule has 1 saturated heterocycles. The number of nitrogens with zero attached hydrogens (tertiary/aromatic N) is 2. The second-order valence-corrected chi connectivity index (χ2v) is 7.94. The molecule has 168 valence electrons. The third-order valence-corrected chi connectivity index (χ3v) is 5.61. The number of rotatable bonds is 8. The molecule has 0 radical (unpaired) electrons. The number of carbonyl (C=O) groups is 1. The fraction of sp³-hybridized carbons (Fsp3) is 0.385. The Morgan fingerprint density at radius 1 is 1.12 bits per heavy atom. The molecule has 1 aromatic heterocycles. The van der Waals surface area contributed by atoms with Gasteiger partial charge in [-0.05, 0) is 62.1 Å². The van der Waals surface area contributed by atoms with Crippen LogP contribution in [0.15, 0.2) is 53.0 Å². The predicted octanol–water partition coefficient (Wildman–Crippen LogP) is 5.43. The van der Waals surface area contributed by atoms with Gasteiger partial charge in [0, 0.05) is 25.1 Å². The molecule has 0 aliphatic carbocycles. The number of piperidine rings is 1. The lowest BCUT2D eigenvalue weighted by atomic mass is 9.96. The first kappa shape index (κ1) is 21.9. The largest absolute Gasteiger partial charge is 0.490 e. The van der Waals surface area contributed by atoms with Crippen molar-refractivity contribution in [1.29, 1.82) is 0 Å². The summed E-state index contributed by atoms with van der Waals surface area (Å²) in [5, 5.41) is 0. The maximum absolute atomic E-state index is 12.7. The Kier molecular flexibility index (Phi) is 7.10. The highest BCUT2D eigenvalue weighted by Gasteiger charge is 2.26. The van der Waals surface area contributed by atoms with Gasteiger partial charge in [0.15, 0.2) is 23.0 Å².